The molecule has 0 spiro atoms. The molecule has 0 N–H and O–H groups in total. The summed E-state index contributed by atoms with van der Waals surface area (Å²) in [5.74, 6) is -0.189. The summed E-state index contributed by atoms with van der Waals surface area (Å²) in [5, 5.41) is 0. The van der Waals surface area contributed by atoms with Crippen LogP contribution < -0.4 is 0 Å². The molecule has 0 aromatic carbocycles. The van der Waals surface area contributed by atoms with E-state index in [1.807, 2.05) is 0 Å². The van der Waals surface area contributed by atoms with Crippen molar-refractivity contribution in [2.45, 2.75) is 227 Å². The number of unbranched alkanes of at least 4 members (excludes halogenated alkanes) is 25. The van der Waals surface area contributed by atoms with Crippen molar-refractivity contribution in [2.75, 3.05) is 31.9 Å². The first kappa shape index (κ1) is 47.0. The Morgan fingerprint density at radius 1 is 0.333 bits per heavy atom. The zero-order valence-electron chi connectivity index (χ0n) is 31.8. The summed E-state index contributed by atoms with van der Waals surface area (Å²) in [6.07, 6.45) is 40.0. The minimum absolute atomic E-state index is 0.189. The molecule has 0 aromatic rings. The first-order valence-corrected chi connectivity index (χ1v) is 22.2. The topological polar surface area (TPSA) is 57.2 Å². The van der Waals surface area contributed by atoms with Crippen molar-refractivity contribution in [3.05, 3.63) is 0 Å². The summed E-state index contributed by atoms with van der Waals surface area (Å²) >= 11 is 0. The average molecular weight is 660 g/mol. The molecule has 5 heteroatoms. The van der Waals surface area contributed by atoms with Gasteiger partial charge < -0.3 is 9.04 Å². The van der Waals surface area contributed by atoms with E-state index in [-0.39, 0.29) is 5.75 Å². The standard InChI is InChI=1S/C24H52N.C16H34O3S/c1-5-9-13-17-21-25(22-18-14-10-6-2,23-19-15-11-7-3)24-20-16-12-8-4;1-2-3-4-5-6-7-8-9-10-11-12-13-14-15-16-20(17,18)19/h5-24H2,1-4H3;2-16H2,1H3,(H,17,18,19)/q+1;/p-1. The molecule has 0 amide bonds. The smallest absolute Gasteiger partial charge is 0.0945 e. The second kappa shape index (κ2) is 36.7. The molecule has 0 bridgehead atoms. The lowest BCUT2D eigenvalue weighted by Gasteiger charge is -2.39. The predicted octanol–water partition coefficient (Wildman–Crippen LogP) is 13.1. The Labute approximate surface area is 286 Å². The Morgan fingerprint density at radius 3 is 0.756 bits per heavy atom. The van der Waals surface area contributed by atoms with Gasteiger partial charge in [0, 0.05) is 5.75 Å². The van der Waals surface area contributed by atoms with Crippen LogP contribution >= 0.6 is 0 Å². The van der Waals surface area contributed by atoms with Gasteiger partial charge in [-0.2, -0.15) is 0 Å². The molecule has 0 atom stereocenters. The molecule has 45 heavy (non-hydrogen) atoms. The van der Waals surface area contributed by atoms with Gasteiger partial charge >= 0.3 is 0 Å². The number of hydrogen-bond acceptors (Lipinski definition) is 3. The molecule has 0 aliphatic carbocycles. The molecule has 0 unspecified atom stereocenters. The molecule has 0 aliphatic rings. The van der Waals surface area contributed by atoms with E-state index in [0.717, 1.165) is 12.8 Å². The Morgan fingerprint density at radius 2 is 0.533 bits per heavy atom. The molecule has 0 radical (unpaired) electrons. The minimum atomic E-state index is -3.99. The SMILES string of the molecule is CCCCCCCCCCCCCCCCS(=O)(=O)[O-].CCCCCC[N+](CCCCCC)(CCCCCC)CCCCCC. The van der Waals surface area contributed by atoms with Gasteiger partial charge in [-0.05, 0) is 57.8 Å². The second-order valence-electron chi connectivity index (χ2n) is 14.3. The summed E-state index contributed by atoms with van der Waals surface area (Å²) < 4.78 is 32.6. The maximum Gasteiger partial charge on any atom is 0.0945 e. The Bertz CT molecular complexity index is 598. The highest BCUT2D eigenvalue weighted by atomic mass is 32.2. The van der Waals surface area contributed by atoms with Crippen LogP contribution in [0.15, 0.2) is 0 Å². The highest BCUT2D eigenvalue weighted by molar-refractivity contribution is 7.85. The Balaban J connectivity index is 0. The average Bonchev–Trinajstić information content (AvgIpc) is 3.02. The number of rotatable bonds is 35. The van der Waals surface area contributed by atoms with E-state index < -0.39 is 10.1 Å². The molecule has 0 aliphatic heterocycles. The van der Waals surface area contributed by atoms with Crippen molar-refractivity contribution in [3.63, 3.8) is 0 Å². The van der Waals surface area contributed by atoms with Crippen LogP contribution in [0.1, 0.15) is 227 Å². The molecule has 0 aromatic heterocycles. The number of hydrogen-bond donors (Lipinski definition) is 0. The summed E-state index contributed by atoms with van der Waals surface area (Å²) in [4.78, 5) is 0. The van der Waals surface area contributed by atoms with E-state index >= 15 is 0 Å². The van der Waals surface area contributed by atoms with Crippen molar-refractivity contribution in [3.8, 4) is 0 Å². The quantitative estimate of drug-likeness (QED) is 0.0386. The number of nitrogens with zero attached hydrogens (tertiary/aromatic N) is 1. The van der Waals surface area contributed by atoms with E-state index in [0.29, 0.717) is 6.42 Å². The van der Waals surface area contributed by atoms with Gasteiger partial charge in [0.05, 0.1) is 36.3 Å². The predicted molar refractivity (Wildman–Crippen MR) is 201 cm³/mol. The highest BCUT2D eigenvalue weighted by Gasteiger charge is 2.25. The van der Waals surface area contributed by atoms with Crippen LogP contribution in [-0.2, 0) is 10.1 Å². The third kappa shape index (κ3) is 38.2. The normalized spacial score (nSPS) is 12.0. The molecule has 0 saturated carbocycles. The molecule has 0 saturated heterocycles. The van der Waals surface area contributed by atoms with Gasteiger partial charge in [-0.3, -0.25) is 0 Å². The molecule has 0 fully saturated rings. The van der Waals surface area contributed by atoms with Crippen LogP contribution in [0.2, 0.25) is 0 Å². The molecule has 4 nitrogen and oxygen atoms in total. The van der Waals surface area contributed by atoms with Gasteiger partial charge in [0.25, 0.3) is 0 Å². The van der Waals surface area contributed by atoms with E-state index in [1.54, 1.807) is 0 Å². The van der Waals surface area contributed by atoms with Gasteiger partial charge in [0.2, 0.25) is 0 Å². The molecule has 0 rings (SSSR count). The maximum atomic E-state index is 10.4. The lowest BCUT2D eigenvalue weighted by molar-refractivity contribution is -0.929. The van der Waals surface area contributed by atoms with Crippen molar-refractivity contribution in [1.29, 1.82) is 0 Å². The monoisotopic (exact) mass is 660 g/mol. The van der Waals surface area contributed by atoms with Crippen LogP contribution in [0.4, 0.5) is 0 Å². The third-order valence-electron chi connectivity index (χ3n) is 9.69. The third-order valence-corrected chi connectivity index (χ3v) is 10.5. The fraction of sp³-hybridized carbons (Fsp3) is 1.00. The van der Waals surface area contributed by atoms with E-state index in [9.17, 15) is 13.0 Å². The fourth-order valence-electron chi connectivity index (χ4n) is 6.64. The van der Waals surface area contributed by atoms with Gasteiger partial charge in [-0.25, -0.2) is 8.42 Å². The number of quaternary nitrogens is 1. The molecular weight excluding hydrogens is 575 g/mol. The van der Waals surface area contributed by atoms with Crippen molar-refractivity contribution < 1.29 is 17.5 Å². The molecule has 0 heterocycles. The largest absolute Gasteiger partial charge is 0.748 e. The zero-order chi connectivity index (χ0) is 33.7. The summed E-state index contributed by atoms with van der Waals surface area (Å²) in [6.45, 7) is 17.4. The molecule has 274 valence electrons. The Kier molecular flexibility index (Phi) is 38.3. The summed E-state index contributed by atoms with van der Waals surface area (Å²) in [6, 6.07) is 0. The molecular formula is C40H85NO3S. The highest BCUT2D eigenvalue weighted by Crippen LogP contribution is 2.20. The van der Waals surface area contributed by atoms with Crippen LogP contribution in [0.3, 0.4) is 0 Å². The van der Waals surface area contributed by atoms with E-state index in [2.05, 4.69) is 34.6 Å². The van der Waals surface area contributed by atoms with Gasteiger partial charge in [0.1, 0.15) is 0 Å². The van der Waals surface area contributed by atoms with Crippen molar-refractivity contribution in [1.82, 2.24) is 0 Å². The van der Waals surface area contributed by atoms with Crippen LogP contribution in [0, 0.1) is 0 Å². The first-order valence-electron chi connectivity index (χ1n) is 20.6. The van der Waals surface area contributed by atoms with Crippen LogP contribution in [0.25, 0.3) is 0 Å². The lowest BCUT2D eigenvalue weighted by Crippen LogP contribution is -2.50. The van der Waals surface area contributed by atoms with Crippen LogP contribution in [-0.4, -0.2) is 49.4 Å². The van der Waals surface area contributed by atoms with Gasteiger partial charge in [0.15, 0.2) is 0 Å². The maximum absolute atomic E-state index is 10.4. The van der Waals surface area contributed by atoms with Gasteiger partial charge in [-0.15, -0.1) is 0 Å². The van der Waals surface area contributed by atoms with Crippen LogP contribution in [0.5, 0.6) is 0 Å². The first-order chi connectivity index (χ1) is 21.8. The Hall–Kier alpha value is -0.130. The second-order valence-corrected chi connectivity index (χ2v) is 15.9. The summed E-state index contributed by atoms with van der Waals surface area (Å²) in [7, 11) is -3.99. The summed E-state index contributed by atoms with van der Waals surface area (Å²) in [5.41, 5.74) is 0. The lowest BCUT2D eigenvalue weighted by atomic mass is 10.0. The van der Waals surface area contributed by atoms with Crippen molar-refractivity contribution >= 4 is 10.1 Å². The van der Waals surface area contributed by atoms with Crippen molar-refractivity contribution in [2.24, 2.45) is 0 Å². The van der Waals surface area contributed by atoms with E-state index in [1.165, 1.54) is 204 Å². The van der Waals surface area contributed by atoms with Gasteiger partial charge in [-0.1, -0.05) is 169 Å². The van der Waals surface area contributed by atoms with E-state index in [4.69, 9.17) is 0 Å². The minimum Gasteiger partial charge on any atom is -0.748 e. The fourth-order valence-corrected chi connectivity index (χ4v) is 7.20. The zero-order valence-corrected chi connectivity index (χ0v) is 32.6.